The van der Waals surface area contributed by atoms with E-state index in [0.29, 0.717) is 37.5 Å². The second-order valence-corrected chi connectivity index (χ2v) is 6.97. The number of rotatable bonds is 3. The van der Waals surface area contributed by atoms with E-state index in [9.17, 15) is 9.59 Å². The molecule has 2 N–H and O–H groups in total. The van der Waals surface area contributed by atoms with Gasteiger partial charge in [-0.1, -0.05) is 24.3 Å². The number of carbonyl (C=O) groups excluding carboxylic acids is 2. The van der Waals surface area contributed by atoms with Crippen LogP contribution in [0.5, 0.6) is 0 Å². The molecule has 6 nitrogen and oxygen atoms in total. The van der Waals surface area contributed by atoms with Crippen LogP contribution in [0.25, 0.3) is 0 Å². The van der Waals surface area contributed by atoms with Gasteiger partial charge in [0.1, 0.15) is 0 Å². The number of hydrogen-bond acceptors (Lipinski definition) is 3. The first-order valence-electron chi connectivity index (χ1n) is 8.74. The van der Waals surface area contributed by atoms with Crippen molar-refractivity contribution in [2.45, 2.75) is 38.1 Å². The summed E-state index contributed by atoms with van der Waals surface area (Å²) in [6, 6.07) is 8.40. The number of aromatic nitrogens is 2. The van der Waals surface area contributed by atoms with Gasteiger partial charge < -0.3 is 10.6 Å². The fourth-order valence-electron chi connectivity index (χ4n) is 4.20. The Balaban J connectivity index is 1.51. The average Bonchev–Trinajstić information content (AvgIpc) is 3.16. The van der Waals surface area contributed by atoms with E-state index in [-0.39, 0.29) is 5.91 Å². The lowest BCUT2D eigenvalue weighted by atomic mass is 9.96. The van der Waals surface area contributed by atoms with Gasteiger partial charge in [0.25, 0.3) is 5.91 Å². The van der Waals surface area contributed by atoms with Gasteiger partial charge in [-0.2, -0.15) is 5.10 Å². The number of benzene rings is 1. The molecule has 0 radical (unpaired) electrons. The molecule has 1 aromatic heterocycles. The molecule has 0 spiro atoms. The van der Waals surface area contributed by atoms with Gasteiger partial charge >= 0.3 is 0 Å². The maximum atomic E-state index is 12.8. The van der Waals surface area contributed by atoms with Gasteiger partial charge in [0.15, 0.2) is 5.69 Å². The predicted octanol–water partition coefficient (Wildman–Crippen LogP) is 1.52. The van der Waals surface area contributed by atoms with Gasteiger partial charge in [-0.05, 0) is 29.9 Å². The van der Waals surface area contributed by atoms with E-state index in [0.717, 1.165) is 24.1 Å². The van der Waals surface area contributed by atoms with E-state index >= 15 is 0 Å². The van der Waals surface area contributed by atoms with Gasteiger partial charge in [0, 0.05) is 44.2 Å². The average molecular weight is 338 g/mol. The molecule has 1 aliphatic carbocycles. The fraction of sp³-hybridized carbons (Fsp3) is 0.421. The molecule has 0 fully saturated rings. The third-order valence-corrected chi connectivity index (χ3v) is 5.51. The van der Waals surface area contributed by atoms with E-state index in [1.807, 2.05) is 18.0 Å². The van der Waals surface area contributed by atoms with Crippen LogP contribution in [0.15, 0.2) is 24.3 Å². The highest BCUT2D eigenvalue weighted by atomic mass is 16.2. The SMILES string of the molecule is Cn1nc(C(N)=O)c2c1CCN(C(=O)C[C@H]1CCc3ccccc31)C2. The van der Waals surface area contributed by atoms with Gasteiger partial charge in [-0.3, -0.25) is 14.3 Å². The van der Waals surface area contributed by atoms with Crippen molar-refractivity contribution >= 4 is 11.8 Å². The standard InChI is InChI=1S/C19H22N4O2/c1-22-16-8-9-23(11-15(16)18(21-22)19(20)25)17(24)10-13-7-6-12-4-2-3-5-14(12)13/h2-5,13H,6-11H2,1H3,(H2,20,25)/t13-/m1/s1. The molecule has 0 saturated carbocycles. The number of nitrogens with two attached hydrogens (primary N) is 1. The quantitative estimate of drug-likeness (QED) is 0.921. The molecule has 130 valence electrons. The highest BCUT2D eigenvalue weighted by Gasteiger charge is 2.31. The highest BCUT2D eigenvalue weighted by Crippen LogP contribution is 2.36. The van der Waals surface area contributed by atoms with Gasteiger partial charge in [-0.25, -0.2) is 0 Å². The zero-order valence-corrected chi connectivity index (χ0v) is 14.4. The molecule has 0 unspecified atom stereocenters. The number of hydrogen-bond donors (Lipinski definition) is 1. The number of carbonyl (C=O) groups is 2. The third-order valence-electron chi connectivity index (χ3n) is 5.51. The number of fused-ring (bicyclic) bond motifs is 2. The topological polar surface area (TPSA) is 81.2 Å². The summed E-state index contributed by atoms with van der Waals surface area (Å²) in [6.07, 6.45) is 3.31. The molecule has 2 aliphatic rings. The Morgan fingerprint density at radius 1 is 1.28 bits per heavy atom. The lowest BCUT2D eigenvalue weighted by Gasteiger charge is -2.28. The Kier molecular flexibility index (Phi) is 3.82. The summed E-state index contributed by atoms with van der Waals surface area (Å²) in [5, 5.41) is 4.22. The Morgan fingerprint density at radius 3 is 2.88 bits per heavy atom. The number of nitrogens with zero attached hydrogens (tertiary/aromatic N) is 3. The molecule has 25 heavy (non-hydrogen) atoms. The molecule has 6 heteroatoms. The van der Waals surface area contributed by atoms with Crippen LogP contribution >= 0.6 is 0 Å². The minimum Gasteiger partial charge on any atom is -0.364 e. The smallest absolute Gasteiger partial charge is 0.269 e. The van der Waals surface area contributed by atoms with Crippen LogP contribution in [-0.2, 0) is 31.2 Å². The summed E-state index contributed by atoms with van der Waals surface area (Å²) in [7, 11) is 1.82. The maximum absolute atomic E-state index is 12.8. The number of aryl methyl sites for hydroxylation is 2. The second kappa shape index (κ2) is 6.02. The van der Waals surface area contributed by atoms with Crippen molar-refractivity contribution in [1.82, 2.24) is 14.7 Å². The molecule has 1 aromatic carbocycles. The maximum Gasteiger partial charge on any atom is 0.269 e. The Hall–Kier alpha value is -2.63. The second-order valence-electron chi connectivity index (χ2n) is 6.97. The highest BCUT2D eigenvalue weighted by molar-refractivity contribution is 5.92. The summed E-state index contributed by atoms with van der Waals surface area (Å²) in [4.78, 5) is 26.3. The summed E-state index contributed by atoms with van der Waals surface area (Å²) >= 11 is 0. The van der Waals surface area contributed by atoms with Crippen molar-refractivity contribution in [2.24, 2.45) is 12.8 Å². The first-order chi connectivity index (χ1) is 12.0. The summed E-state index contributed by atoms with van der Waals surface area (Å²) in [5.74, 6) is -0.0860. The molecular weight excluding hydrogens is 316 g/mol. The fourth-order valence-corrected chi connectivity index (χ4v) is 4.20. The van der Waals surface area contributed by atoms with Crippen LogP contribution in [0, 0.1) is 0 Å². The summed E-state index contributed by atoms with van der Waals surface area (Å²) in [5.41, 5.74) is 10.2. The van der Waals surface area contributed by atoms with Crippen molar-refractivity contribution in [3.05, 3.63) is 52.3 Å². The predicted molar refractivity (Wildman–Crippen MR) is 93.0 cm³/mol. The summed E-state index contributed by atoms with van der Waals surface area (Å²) in [6.45, 7) is 1.09. The van der Waals surface area contributed by atoms with Crippen molar-refractivity contribution in [1.29, 1.82) is 0 Å². The molecule has 0 bridgehead atoms. The van der Waals surface area contributed by atoms with Crippen LogP contribution in [0.3, 0.4) is 0 Å². The van der Waals surface area contributed by atoms with Gasteiger partial charge in [0.05, 0.1) is 0 Å². The van der Waals surface area contributed by atoms with Crippen LogP contribution < -0.4 is 5.73 Å². The van der Waals surface area contributed by atoms with Crippen molar-refractivity contribution in [2.75, 3.05) is 6.54 Å². The molecular formula is C19H22N4O2. The lowest BCUT2D eigenvalue weighted by Crippen LogP contribution is -2.37. The number of amides is 2. The van der Waals surface area contributed by atoms with Crippen molar-refractivity contribution < 1.29 is 9.59 Å². The van der Waals surface area contributed by atoms with E-state index in [4.69, 9.17) is 5.73 Å². The Bertz CT molecular complexity index is 855. The van der Waals surface area contributed by atoms with Crippen LogP contribution in [0.4, 0.5) is 0 Å². The van der Waals surface area contributed by atoms with E-state index in [1.54, 1.807) is 4.68 Å². The van der Waals surface area contributed by atoms with Crippen molar-refractivity contribution in [3.63, 3.8) is 0 Å². The monoisotopic (exact) mass is 338 g/mol. The normalized spacial score (nSPS) is 18.8. The summed E-state index contributed by atoms with van der Waals surface area (Å²) < 4.78 is 1.71. The van der Waals surface area contributed by atoms with Crippen LogP contribution in [-0.4, -0.2) is 33.0 Å². The molecule has 0 saturated heterocycles. The van der Waals surface area contributed by atoms with Gasteiger partial charge in [0.2, 0.25) is 5.91 Å². The van der Waals surface area contributed by atoms with E-state index < -0.39 is 5.91 Å². The minimum absolute atomic E-state index is 0.145. The third kappa shape index (κ3) is 2.71. The van der Waals surface area contributed by atoms with E-state index in [1.165, 1.54) is 11.1 Å². The van der Waals surface area contributed by atoms with Crippen LogP contribution in [0.2, 0.25) is 0 Å². The van der Waals surface area contributed by atoms with Crippen LogP contribution in [0.1, 0.15) is 51.6 Å². The van der Waals surface area contributed by atoms with Gasteiger partial charge in [-0.15, -0.1) is 0 Å². The molecule has 1 aliphatic heterocycles. The molecule has 2 aromatic rings. The molecule has 4 rings (SSSR count). The lowest BCUT2D eigenvalue weighted by molar-refractivity contribution is -0.132. The zero-order chi connectivity index (χ0) is 17.6. The number of primary amides is 1. The zero-order valence-electron chi connectivity index (χ0n) is 14.4. The molecule has 2 heterocycles. The van der Waals surface area contributed by atoms with Crippen molar-refractivity contribution in [3.8, 4) is 0 Å². The first kappa shape index (κ1) is 15.9. The Labute approximate surface area is 146 Å². The Morgan fingerprint density at radius 2 is 2.08 bits per heavy atom. The minimum atomic E-state index is -0.532. The molecule has 1 atom stereocenters. The first-order valence-corrected chi connectivity index (χ1v) is 8.74. The van der Waals surface area contributed by atoms with E-state index in [2.05, 4.69) is 23.3 Å². The largest absolute Gasteiger partial charge is 0.364 e. The molecule has 2 amide bonds.